The molecule has 0 radical (unpaired) electrons. The zero-order chi connectivity index (χ0) is 49.3. The quantitative estimate of drug-likeness (QED) is 0.0457. The lowest BCUT2D eigenvalue weighted by atomic mass is 10.0. The lowest BCUT2D eigenvalue weighted by molar-refractivity contribution is -0.131. The molecule has 5 heteroatoms. The van der Waals surface area contributed by atoms with Gasteiger partial charge in [-0.1, -0.05) is 361 Å². The predicted molar refractivity (Wildman–Crippen MR) is 301 cm³/mol. The molecule has 0 saturated carbocycles. The van der Waals surface area contributed by atoms with Crippen molar-refractivity contribution in [3.63, 3.8) is 0 Å². The van der Waals surface area contributed by atoms with Crippen molar-refractivity contribution in [2.45, 2.75) is 392 Å². The zero-order valence-electron chi connectivity index (χ0n) is 46.8. The van der Waals surface area contributed by atoms with E-state index in [-0.39, 0.29) is 6.61 Å². The van der Waals surface area contributed by atoms with Crippen molar-refractivity contribution in [2.75, 3.05) is 6.61 Å². The molecule has 0 aliphatic rings. The Morgan fingerprint density at radius 3 is 0.662 bits per heavy atom. The number of carbonyl (C=O) groups is 1. The summed E-state index contributed by atoms with van der Waals surface area (Å²) < 4.78 is 0. The maximum absolute atomic E-state index is 12.6. The third-order valence-electron chi connectivity index (χ3n) is 15.5. The molecule has 0 bridgehead atoms. The minimum Gasteiger partial charge on any atom is -0.394 e. The molecule has 0 aromatic heterocycles. The molecule has 5 nitrogen and oxygen atoms in total. The number of unbranched alkanes of at least 4 members (excludes halogenated alkanes) is 52. The number of aliphatic hydroxyl groups is 3. The van der Waals surface area contributed by atoms with E-state index in [9.17, 15) is 20.1 Å². The summed E-state index contributed by atoms with van der Waals surface area (Å²) in [5.74, 6) is -0.461. The second-order valence-electron chi connectivity index (χ2n) is 22.3. The smallest absolute Gasteiger partial charge is 0.249 e. The number of carbonyl (C=O) groups excluding carboxylic acids is 1. The van der Waals surface area contributed by atoms with E-state index >= 15 is 0 Å². The monoisotopic (exact) mass is 962 g/mol. The molecule has 3 atom stereocenters. The van der Waals surface area contributed by atoms with Crippen LogP contribution in [0.3, 0.4) is 0 Å². The molecular weight excluding hydrogens is 835 g/mol. The number of hydrogen-bond donors (Lipinski definition) is 4. The molecule has 0 fully saturated rings. The van der Waals surface area contributed by atoms with Crippen LogP contribution in [0, 0.1) is 0 Å². The van der Waals surface area contributed by atoms with Gasteiger partial charge in [-0.3, -0.25) is 4.79 Å². The minimum atomic E-state index is -1.07. The fraction of sp³-hybridized carbons (Fsp3) is 0.984. The van der Waals surface area contributed by atoms with Crippen LogP contribution in [0.25, 0.3) is 0 Å². The summed E-state index contributed by atoms with van der Waals surface area (Å²) in [6.45, 7) is 4.29. The van der Waals surface area contributed by atoms with Gasteiger partial charge < -0.3 is 20.6 Å². The molecule has 1 amide bonds. The van der Waals surface area contributed by atoms with E-state index in [0.29, 0.717) is 12.8 Å². The Balaban J connectivity index is 3.43. The maximum atomic E-state index is 12.6. The first-order chi connectivity index (χ1) is 33.6. The van der Waals surface area contributed by atoms with Gasteiger partial charge in [0, 0.05) is 0 Å². The van der Waals surface area contributed by atoms with Crippen LogP contribution >= 0.6 is 0 Å². The van der Waals surface area contributed by atoms with Gasteiger partial charge in [0.05, 0.1) is 18.8 Å². The first-order valence-corrected chi connectivity index (χ1v) is 31.8. The van der Waals surface area contributed by atoms with Gasteiger partial charge in [-0.25, -0.2) is 0 Å². The third kappa shape index (κ3) is 53.2. The highest BCUT2D eigenvalue weighted by atomic mass is 16.3. The van der Waals surface area contributed by atoms with Crippen LogP contribution in [0.15, 0.2) is 0 Å². The van der Waals surface area contributed by atoms with Gasteiger partial charge in [0.1, 0.15) is 6.10 Å². The molecule has 68 heavy (non-hydrogen) atoms. The summed E-state index contributed by atoms with van der Waals surface area (Å²) in [7, 11) is 0. The van der Waals surface area contributed by atoms with Crippen molar-refractivity contribution < 1.29 is 20.1 Å². The van der Waals surface area contributed by atoms with Crippen LogP contribution in [0.2, 0.25) is 0 Å². The molecule has 0 aliphatic carbocycles. The Bertz CT molecular complexity index is 929. The van der Waals surface area contributed by atoms with E-state index in [2.05, 4.69) is 19.2 Å². The number of amides is 1. The average molecular weight is 963 g/mol. The third-order valence-corrected chi connectivity index (χ3v) is 15.5. The first kappa shape index (κ1) is 67.3. The summed E-state index contributed by atoms with van der Waals surface area (Å²) in [5.41, 5.74) is 0. The van der Waals surface area contributed by atoms with E-state index in [0.717, 1.165) is 32.1 Å². The number of nitrogens with one attached hydrogen (secondary N) is 1. The van der Waals surface area contributed by atoms with E-state index in [1.807, 2.05) is 0 Å². The maximum Gasteiger partial charge on any atom is 0.249 e. The van der Waals surface area contributed by atoms with Gasteiger partial charge >= 0.3 is 0 Å². The van der Waals surface area contributed by atoms with Crippen LogP contribution < -0.4 is 5.32 Å². The van der Waals surface area contributed by atoms with E-state index < -0.39 is 24.2 Å². The number of hydrogen-bond acceptors (Lipinski definition) is 4. The lowest BCUT2D eigenvalue weighted by Crippen LogP contribution is -2.49. The molecule has 3 unspecified atom stereocenters. The summed E-state index contributed by atoms with van der Waals surface area (Å²) in [6, 6.07) is -0.708. The average Bonchev–Trinajstić information content (AvgIpc) is 3.34. The van der Waals surface area contributed by atoms with Crippen LogP contribution in [-0.2, 0) is 4.79 Å². The van der Waals surface area contributed by atoms with Gasteiger partial charge in [0.2, 0.25) is 5.91 Å². The van der Waals surface area contributed by atoms with Crippen molar-refractivity contribution in [2.24, 2.45) is 0 Å². The van der Waals surface area contributed by atoms with Gasteiger partial charge in [0.25, 0.3) is 0 Å². The van der Waals surface area contributed by atoms with Crippen LogP contribution in [-0.4, -0.2) is 46.1 Å². The Labute approximate surface area is 427 Å². The second kappa shape index (κ2) is 58.9. The van der Waals surface area contributed by atoms with Gasteiger partial charge in [-0.2, -0.15) is 0 Å². The van der Waals surface area contributed by atoms with Gasteiger partial charge in [-0.15, -0.1) is 0 Å². The molecule has 0 rings (SSSR count). The Morgan fingerprint density at radius 2 is 0.471 bits per heavy atom. The molecule has 4 N–H and O–H groups in total. The molecule has 0 spiro atoms. The van der Waals surface area contributed by atoms with Crippen molar-refractivity contribution in [3.8, 4) is 0 Å². The summed E-state index contributed by atoms with van der Waals surface area (Å²) in [6.07, 6.45) is 73.3. The zero-order valence-corrected chi connectivity index (χ0v) is 46.8. The summed E-state index contributed by atoms with van der Waals surface area (Å²) >= 11 is 0. The highest BCUT2D eigenvalue weighted by Crippen LogP contribution is 2.19. The van der Waals surface area contributed by atoms with Gasteiger partial charge in [-0.05, 0) is 12.8 Å². The van der Waals surface area contributed by atoms with Crippen LogP contribution in [0.5, 0.6) is 0 Å². The second-order valence-corrected chi connectivity index (χ2v) is 22.3. The van der Waals surface area contributed by atoms with E-state index in [1.54, 1.807) is 0 Å². The Morgan fingerprint density at radius 1 is 0.294 bits per heavy atom. The molecule has 0 aliphatic heterocycles. The van der Waals surface area contributed by atoms with Gasteiger partial charge in [0.15, 0.2) is 0 Å². The number of aliphatic hydroxyl groups excluding tert-OH is 3. The first-order valence-electron chi connectivity index (χ1n) is 31.8. The summed E-state index contributed by atoms with van der Waals surface area (Å²) in [5, 5.41) is 33.6. The largest absolute Gasteiger partial charge is 0.394 e. The van der Waals surface area contributed by atoms with E-state index in [4.69, 9.17) is 0 Å². The number of rotatable bonds is 60. The highest BCUT2D eigenvalue weighted by molar-refractivity contribution is 5.80. The normalized spacial score (nSPS) is 13.1. The molecule has 0 aromatic rings. The van der Waals surface area contributed by atoms with E-state index in [1.165, 1.54) is 315 Å². The lowest BCUT2D eigenvalue weighted by Gasteiger charge is -2.23. The Kier molecular flexibility index (Phi) is 58.4. The van der Waals surface area contributed by atoms with Crippen LogP contribution in [0.1, 0.15) is 373 Å². The fourth-order valence-electron chi connectivity index (χ4n) is 10.6. The topological polar surface area (TPSA) is 89.8 Å². The van der Waals surface area contributed by atoms with Crippen molar-refractivity contribution in [1.29, 1.82) is 0 Å². The summed E-state index contributed by atoms with van der Waals surface area (Å²) in [4.78, 5) is 12.6. The van der Waals surface area contributed by atoms with Crippen molar-refractivity contribution >= 4 is 5.91 Å². The fourth-order valence-corrected chi connectivity index (χ4v) is 10.6. The Hall–Kier alpha value is -0.650. The molecular formula is C63H127NO4. The van der Waals surface area contributed by atoms with Crippen LogP contribution in [0.4, 0.5) is 0 Å². The predicted octanol–water partition coefficient (Wildman–Crippen LogP) is 20.1. The van der Waals surface area contributed by atoms with Crippen molar-refractivity contribution in [1.82, 2.24) is 5.32 Å². The minimum absolute atomic E-state index is 0.307. The SMILES string of the molecule is CCCCCCCCCCCCCCCCCCCCCCCCCCCCCCCCCCCCC(O)C(=O)NC(CO)C(O)CCCCCCCCCCCCCCCCCCCCCC. The highest BCUT2D eigenvalue weighted by Gasteiger charge is 2.23. The molecule has 0 heterocycles. The molecule has 408 valence electrons. The van der Waals surface area contributed by atoms with Crippen molar-refractivity contribution in [3.05, 3.63) is 0 Å². The molecule has 0 saturated heterocycles. The standard InChI is InChI=1S/C63H127NO4/c1-3-5-7-9-11-13-15-17-19-21-23-25-26-27-28-29-30-31-32-33-34-35-36-37-38-40-42-44-46-48-50-52-54-56-58-62(67)63(68)64-60(59-65)61(66)57-55-53-51-49-47-45-43-41-39-24-22-20-18-16-14-12-10-8-6-4-2/h60-62,65-67H,3-59H2,1-2H3,(H,64,68). The molecule has 0 aromatic carbocycles.